The van der Waals surface area contributed by atoms with Crippen LogP contribution in [0.5, 0.6) is 0 Å². The van der Waals surface area contributed by atoms with Gasteiger partial charge in [-0.05, 0) is 64.1 Å². The second-order valence-corrected chi connectivity index (χ2v) is 5.99. The fourth-order valence-corrected chi connectivity index (χ4v) is 2.70. The van der Waals surface area contributed by atoms with E-state index in [0.717, 1.165) is 18.9 Å². The summed E-state index contributed by atoms with van der Waals surface area (Å²) in [5.74, 6) is 0.901. The van der Waals surface area contributed by atoms with Crippen molar-refractivity contribution in [1.82, 2.24) is 10.2 Å². The molecule has 1 saturated heterocycles. The number of nitrogens with zero attached hydrogens (tertiary/aromatic N) is 1. The van der Waals surface area contributed by atoms with E-state index in [1.807, 2.05) is 0 Å². The van der Waals surface area contributed by atoms with E-state index in [0.29, 0.717) is 18.7 Å². The summed E-state index contributed by atoms with van der Waals surface area (Å²) in [7, 11) is 0. The van der Waals surface area contributed by atoms with Gasteiger partial charge >= 0.3 is 0 Å². The lowest BCUT2D eigenvalue weighted by Gasteiger charge is -2.23. The Hall–Kier alpha value is -0.120. The summed E-state index contributed by atoms with van der Waals surface area (Å²) in [5, 5.41) is 12.9. The average molecular weight is 240 g/mol. The van der Waals surface area contributed by atoms with Crippen molar-refractivity contribution in [3.05, 3.63) is 0 Å². The summed E-state index contributed by atoms with van der Waals surface area (Å²) in [6.07, 6.45) is 7.79. The zero-order valence-electron chi connectivity index (χ0n) is 11.2. The Balaban J connectivity index is 1.64. The van der Waals surface area contributed by atoms with Gasteiger partial charge < -0.3 is 15.3 Å². The van der Waals surface area contributed by atoms with Crippen molar-refractivity contribution in [1.29, 1.82) is 0 Å². The summed E-state index contributed by atoms with van der Waals surface area (Å²) in [4.78, 5) is 2.58. The summed E-state index contributed by atoms with van der Waals surface area (Å²) in [6, 6.07) is 1.03. The number of aliphatic hydroxyl groups is 1. The van der Waals surface area contributed by atoms with Crippen LogP contribution in [-0.2, 0) is 0 Å². The first-order valence-electron chi connectivity index (χ1n) is 7.37. The van der Waals surface area contributed by atoms with E-state index in [9.17, 15) is 5.11 Å². The molecule has 0 aromatic rings. The first-order chi connectivity index (χ1) is 8.28. The van der Waals surface area contributed by atoms with Crippen molar-refractivity contribution in [3.8, 4) is 0 Å². The lowest BCUT2D eigenvalue weighted by molar-refractivity contribution is 0.206. The first-order valence-corrected chi connectivity index (χ1v) is 7.37. The first kappa shape index (κ1) is 13.3. The van der Waals surface area contributed by atoms with Gasteiger partial charge in [0.2, 0.25) is 0 Å². The summed E-state index contributed by atoms with van der Waals surface area (Å²) in [6.45, 7) is 6.32. The molecule has 17 heavy (non-hydrogen) atoms. The van der Waals surface area contributed by atoms with E-state index in [4.69, 9.17) is 0 Å². The van der Waals surface area contributed by atoms with Gasteiger partial charge in [-0.1, -0.05) is 6.92 Å². The van der Waals surface area contributed by atoms with Gasteiger partial charge in [-0.3, -0.25) is 0 Å². The van der Waals surface area contributed by atoms with Crippen molar-refractivity contribution >= 4 is 0 Å². The average Bonchev–Trinajstić information content (AvgIpc) is 3.13. The van der Waals surface area contributed by atoms with Crippen LogP contribution in [0.15, 0.2) is 0 Å². The van der Waals surface area contributed by atoms with Crippen molar-refractivity contribution in [3.63, 3.8) is 0 Å². The smallest absolute Gasteiger partial charge is 0.0585 e. The third-order valence-electron chi connectivity index (χ3n) is 4.17. The predicted octanol–water partition coefficient (Wildman–Crippen LogP) is 1.61. The maximum absolute atomic E-state index is 9.35. The third-order valence-corrected chi connectivity index (χ3v) is 4.17. The van der Waals surface area contributed by atoms with Crippen molar-refractivity contribution in [2.75, 3.05) is 26.2 Å². The van der Waals surface area contributed by atoms with E-state index in [1.54, 1.807) is 0 Å². The molecule has 1 aliphatic heterocycles. The predicted molar refractivity (Wildman–Crippen MR) is 71.1 cm³/mol. The molecule has 2 unspecified atom stereocenters. The van der Waals surface area contributed by atoms with E-state index in [1.165, 1.54) is 45.2 Å². The molecule has 2 N–H and O–H groups in total. The molecule has 2 atom stereocenters. The normalized spacial score (nSPS) is 28.9. The molecule has 3 heteroatoms. The highest BCUT2D eigenvalue weighted by atomic mass is 16.3. The zero-order chi connectivity index (χ0) is 12.1. The molecule has 0 aromatic heterocycles. The van der Waals surface area contributed by atoms with Crippen molar-refractivity contribution in [2.24, 2.45) is 5.92 Å². The molecule has 0 spiro atoms. The number of hydrogen-bond donors (Lipinski definition) is 2. The number of rotatable bonds is 6. The maximum atomic E-state index is 9.35. The van der Waals surface area contributed by atoms with Gasteiger partial charge in [-0.2, -0.15) is 0 Å². The van der Waals surface area contributed by atoms with E-state index < -0.39 is 0 Å². The molecule has 1 aliphatic carbocycles. The minimum absolute atomic E-state index is 0.292. The number of nitrogens with one attached hydrogen (secondary N) is 1. The number of aliphatic hydroxyl groups excluding tert-OH is 1. The molecule has 2 aliphatic rings. The van der Waals surface area contributed by atoms with Crippen LogP contribution < -0.4 is 5.32 Å². The molecular formula is C14H28N2O. The SMILES string of the molecule is CC1CCCN(CCC(CO)NC2CC2)CC1. The third kappa shape index (κ3) is 4.94. The Morgan fingerprint density at radius 1 is 1.24 bits per heavy atom. The Morgan fingerprint density at radius 2 is 2.06 bits per heavy atom. The molecule has 100 valence electrons. The molecule has 2 fully saturated rings. The van der Waals surface area contributed by atoms with Crippen LogP contribution in [0.3, 0.4) is 0 Å². The highest BCUT2D eigenvalue weighted by molar-refractivity contribution is 4.85. The molecule has 0 amide bonds. The van der Waals surface area contributed by atoms with Gasteiger partial charge in [-0.25, -0.2) is 0 Å². The standard InChI is InChI=1S/C14H28N2O/c1-12-3-2-8-16(9-6-12)10-7-14(11-17)15-13-4-5-13/h12-15,17H,2-11H2,1H3. The maximum Gasteiger partial charge on any atom is 0.0585 e. The quantitative estimate of drug-likeness (QED) is 0.740. The molecule has 1 heterocycles. The van der Waals surface area contributed by atoms with Gasteiger partial charge in [-0.15, -0.1) is 0 Å². The molecule has 1 saturated carbocycles. The minimum atomic E-state index is 0.292. The van der Waals surface area contributed by atoms with Gasteiger partial charge in [0.15, 0.2) is 0 Å². The number of likely N-dealkylation sites (tertiary alicyclic amines) is 1. The van der Waals surface area contributed by atoms with Crippen LogP contribution in [-0.4, -0.2) is 48.3 Å². The van der Waals surface area contributed by atoms with Gasteiger partial charge in [0.25, 0.3) is 0 Å². The van der Waals surface area contributed by atoms with Gasteiger partial charge in [0.1, 0.15) is 0 Å². The van der Waals surface area contributed by atoms with Crippen LogP contribution in [0.2, 0.25) is 0 Å². The molecule has 3 nitrogen and oxygen atoms in total. The monoisotopic (exact) mass is 240 g/mol. The zero-order valence-corrected chi connectivity index (χ0v) is 11.2. The van der Waals surface area contributed by atoms with Crippen LogP contribution >= 0.6 is 0 Å². The molecule has 2 rings (SSSR count). The highest BCUT2D eigenvalue weighted by Gasteiger charge is 2.24. The highest BCUT2D eigenvalue weighted by Crippen LogP contribution is 2.20. The lowest BCUT2D eigenvalue weighted by atomic mass is 10.0. The van der Waals surface area contributed by atoms with Crippen LogP contribution in [0.25, 0.3) is 0 Å². The van der Waals surface area contributed by atoms with Crippen LogP contribution in [0.1, 0.15) is 45.4 Å². The van der Waals surface area contributed by atoms with Crippen LogP contribution in [0, 0.1) is 5.92 Å². The summed E-state index contributed by atoms with van der Waals surface area (Å²) >= 11 is 0. The fraction of sp³-hybridized carbons (Fsp3) is 1.00. The second-order valence-electron chi connectivity index (χ2n) is 5.99. The second kappa shape index (κ2) is 6.72. The minimum Gasteiger partial charge on any atom is -0.395 e. The summed E-state index contributed by atoms with van der Waals surface area (Å²) < 4.78 is 0. The Morgan fingerprint density at radius 3 is 2.76 bits per heavy atom. The van der Waals surface area contributed by atoms with Crippen molar-refractivity contribution < 1.29 is 5.11 Å². The van der Waals surface area contributed by atoms with E-state index in [2.05, 4.69) is 17.1 Å². The topological polar surface area (TPSA) is 35.5 Å². The van der Waals surface area contributed by atoms with Crippen molar-refractivity contribution in [2.45, 2.75) is 57.5 Å². The molecular weight excluding hydrogens is 212 g/mol. The van der Waals surface area contributed by atoms with E-state index >= 15 is 0 Å². The molecule has 0 radical (unpaired) electrons. The Kier molecular flexibility index (Phi) is 5.26. The largest absolute Gasteiger partial charge is 0.395 e. The summed E-state index contributed by atoms with van der Waals surface area (Å²) in [5.41, 5.74) is 0. The van der Waals surface area contributed by atoms with Gasteiger partial charge in [0.05, 0.1) is 6.61 Å². The molecule has 0 aromatic carbocycles. The lowest BCUT2D eigenvalue weighted by Crippen LogP contribution is -2.38. The fourth-order valence-electron chi connectivity index (χ4n) is 2.70. The Labute approximate surface area is 106 Å². The molecule has 0 bridgehead atoms. The number of hydrogen-bond acceptors (Lipinski definition) is 3. The van der Waals surface area contributed by atoms with Crippen LogP contribution in [0.4, 0.5) is 0 Å². The van der Waals surface area contributed by atoms with Gasteiger partial charge in [0, 0.05) is 12.1 Å². The Bertz CT molecular complexity index is 218. The van der Waals surface area contributed by atoms with E-state index in [-0.39, 0.29) is 0 Å².